The third-order valence-corrected chi connectivity index (χ3v) is 3.46. The van der Waals surface area contributed by atoms with Crippen molar-refractivity contribution >= 4 is 11.8 Å². The van der Waals surface area contributed by atoms with Crippen molar-refractivity contribution in [3.8, 4) is 5.75 Å². The largest absolute Gasteiger partial charge is 0.506 e. The molecule has 0 heterocycles. The van der Waals surface area contributed by atoms with Crippen molar-refractivity contribution in [3.63, 3.8) is 0 Å². The smallest absolute Gasteiger partial charge is 0.132 e. The molecule has 0 fully saturated rings. The van der Waals surface area contributed by atoms with Crippen LogP contribution < -0.4 is 0 Å². The summed E-state index contributed by atoms with van der Waals surface area (Å²) in [6, 6.07) is 14.1. The Labute approximate surface area is 100 Å². The zero-order valence-electron chi connectivity index (χ0n) is 9.40. The maximum atomic E-state index is 9.91. The van der Waals surface area contributed by atoms with Crippen molar-refractivity contribution in [1.29, 1.82) is 0 Å². The predicted molar refractivity (Wildman–Crippen MR) is 68.1 cm³/mol. The SMILES string of the molecule is Cc1cccc(Sc2cccc(C)c2O)c1. The van der Waals surface area contributed by atoms with Crippen LogP contribution in [-0.2, 0) is 0 Å². The Morgan fingerprint density at radius 3 is 2.50 bits per heavy atom. The van der Waals surface area contributed by atoms with Crippen LogP contribution in [-0.4, -0.2) is 5.11 Å². The van der Waals surface area contributed by atoms with Crippen molar-refractivity contribution in [2.45, 2.75) is 23.6 Å². The number of hydrogen-bond acceptors (Lipinski definition) is 2. The zero-order valence-corrected chi connectivity index (χ0v) is 10.2. The van der Waals surface area contributed by atoms with Gasteiger partial charge in [0.2, 0.25) is 0 Å². The van der Waals surface area contributed by atoms with Gasteiger partial charge < -0.3 is 5.11 Å². The Morgan fingerprint density at radius 1 is 1.00 bits per heavy atom. The van der Waals surface area contributed by atoms with Gasteiger partial charge in [-0.05, 0) is 37.6 Å². The van der Waals surface area contributed by atoms with Crippen LogP contribution in [0.25, 0.3) is 0 Å². The summed E-state index contributed by atoms with van der Waals surface area (Å²) in [5.41, 5.74) is 2.15. The van der Waals surface area contributed by atoms with E-state index >= 15 is 0 Å². The molecule has 82 valence electrons. The van der Waals surface area contributed by atoms with Gasteiger partial charge in [-0.1, -0.05) is 41.6 Å². The van der Waals surface area contributed by atoms with Crippen molar-refractivity contribution in [1.82, 2.24) is 0 Å². The average molecular weight is 230 g/mol. The molecule has 0 amide bonds. The molecule has 2 rings (SSSR count). The van der Waals surface area contributed by atoms with Crippen LogP contribution in [0.2, 0.25) is 0 Å². The lowest BCUT2D eigenvalue weighted by Gasteiger charge is -2.06. The lowest BCUT2D eigenvalue weighted by Crippen LogP contribution is -1.80. The first-order valence-electron chi connectivity index (χ1n) is 5.20. The van der Waals surface area contributed by atoms with Gasteiger partial charge in [-0.25, -0.2) is 0 Å². The van der Waals surface area contributed by atoms with Gasteiger partial charge in [0.25, 0.3) is 0 Å². The minimum Gasteiger partial charge on any atom is -0.506 e. The molecule has 16 heavy (non-hydrogen) atoms. The molecule has 0 saturated carbocycles. The quantitative estimate of drug-likeness (QED) is 0.836. The van der Waals surface area contributed by atoms with Crippen LogP contribution in [0, 0.1) is 13.8 Å². The van der Waals surface area contributed by atoms with Crippen LogP contribution in [0.5, 0.6) is 5.75 Å². The highest BCUT2D eigenvalue weighted by Crippen LogP contribution is 2.36. The number of benzene rings is 2. The fourth-order valence-corrected chi connectivity index (χ4v) is 2.57. The third-order valence-electron chi connectivity index (χ3n) is 2.42. The average Bonchev–Trinajstić information content (AvgIpc) is 2.25. The highest BCUT2D eigenvalue weighted by molar-refractivity contribution is 7.99. The first-order chi connectivity index (χ1) is 7.66. The Balaban J connectivity index is 2.31. The Bertz CT molecular complexity index is 506. The normalized spacial score (nSPS) is 10.4. The number of rotatable bonds is 2. The van der Waals surface area contributed by atoms with Gasteiger partial charge in [0.05, 0.1) is 4.90 Å². The summed E-state index contributed by atoms with van der Waals surface area (Å²) in [4.78, 5) is 2.06. The first kappa shape index (κ1) is 11.1. The molecule has 0 aromatic heterocycles. The monoisotopic (exact) mass is 230 g/mol. The Kier molecular flexibility index (Phi) is 3.20. The van der Waals surface area contributed by atoms with Gasteiger partial charge in [-0.3, -0.25) is 0 Å². The topological polar surface area (TPSA) is 20.2 Å². The summed E-state index contributed by atoms with van der Waals surface area (Å²) in [6.07, 6.45) is 0. The van der Waals surface area contributed by atoms with E-state index in [-0.39, 0.29) is 0 Å². The summed E-state index contributed by atoms with van der Waals surface area (Å²) in [6.45, 7) is 3.98. The minimum atomic E-state index is 0.383. The molecule has 0 atom stereocenters. The molecule has 0 aliphatic heterocycles. The van der Waals surface area contributed by atoms with Gasteiger partial charge in [-0.2, -0.15) is 0 Å². The van der Waals surface area contributed by atoms with Gasteiger partial charge in [-0.15, -0.1) is 0 Å². The van der Waals surface area contributed by atoms with E-state index in [0.29, 0.717) is 5.75 Å². The van der Waals surface area contributed by atoms with E-state index in [1.54, 1.807) is 11.8 Å². The van der Waals surface area contributed by atoms with Gasteiger partial charge >= 0.3 is 0 Å². The van der Waals surface area contributed by atoms with Crippen molar-refractivity contribution in [2.24, 2.45) is 0 Å². The first-order valence-corrected chi connectivity index (χ1v) is 6.01. The Hall–Kier alpha value is -1.41. The van der Waals surface area contributed by atoms with E-state index in [0.717, 1.165) is 15.4 Å². The maximum absolute atomic E-state index is 9.91. The predicted octanol–water partition coefficient (Wildman–Crippen LogP) is 4.16. The van der Waals surface area contributed by atoms with Crippen LogP contribution in [0.3, 0.4) is 0 Å². The van der Waals surface area contributed by atoms with E-state index in [1.165, 1.54) is 5.56 Å². The molecule has 0 spiro atoms. The van der Waals surface area contributed by atoms with Crippen LogP contribution in [0.4, 0.5) is 0 Å². The summed E-state index contributed by atoms with van der Waals surface area (Å²) >= 11 is 1.59. The van der Waals surface area contributed by atoms with Crippen LogP contribution >= 0.6 is 11.8 Å². The molecule has 2 aromatic rings. The highest BCUT2D eigenvalue weighted by Gasteiger charge is 2.05. The molecule has 2 heteroatoms. The standard InChI is InChI=1S/C14H14OS/c1-10-5-3-7-12(9-10)16-13-8-4-6-11(2)14(13)15/h3-9,15H,1-2H3. The molecular weight excluding hydrogens is 216 g/mol. The minimum absolute atomic E-state index is 0.383. The fraction of sp³-hybridized carbons (Fsp3) is 0.143. The maximum Gasteiger partial charge on any atom is 0.132 e. The molecule has 0 bridgehead atoms. The van der Waals surface area contributed by atoms with E-state index in [4.69, 9.17) is 0 Å². The fourth-order valence-electron chi connectivity index (χ4n) is 1.52. The molecule has 1 N–H and O–H groups in total. The van der Waals surface area contributed by atoms with Crippen molar-refractivity contribution in [3.05, 3.63) is 53.6 Å². The summed E-state index contributed by atoms with van der Waals surface area (Å²) < 4.78 is 0. The van der Waals surface area contributed by atoms with E-state index < -0.39 is 0 Å². The summed E-state index contributed by atoms with van der Waals surface area (Å²) in [5, 5.41) is 9.91. The van der Waals surface area contributed by atoms with E-state index in [2.05, 4.69) is 25.1 Å². The second kappa shape index (κ2) is 4.62. The number of hydrogen-bond donors (Lipinski definition) is 1. The summed E-state index contributed by atoms with van der Waals surface area (Å²) in [5.74, 6) is 0.383. The van der Waals surface area contributed by atoms with Crippen LogP contribution in [0.15, 0.2) is 52.3 Å². The number of phenols is 1. The van der Waals surface area contributed by atoms with Gasteiger partial charge in [0.1, 0.15) is 5.75 Å². The summed E-state index contributed by atoms with van der Waals surface area (Å²) in [7, 11) is 0. The zero-order chi connectivity index (χ0) is 11.5. The second-order valence-electron chi connectivity index (χ2n) is 3.84. The Morgan fingerprint density at radius 2 is 1.75 bits per heavy atom. The third kappa shape index (κ3) is 2.39. The van der Waals surface area contributed by atoms with Gasteiger partial charge in [0, 0.05) is 4.90 Å². The molecule has 1 nitrogen and oxygen atoms in total. The molecule has 0 aliphatic carbocycles. The molecular formula is C14H14OS. The number of aromatic hydroxyl groups is 1. The lowest BCUT2D eigenvalue weighted by atomic mass is 10.2. The molecule has 0 radical (unpaired) electrons. The van der Waals surface area contributed by atoms with Crippen LogP contribution in [0.1, 0.15) is 11.1 Å². The molecule has 2 aromatic carbocycles. The lowest BCUT2D eigenvalue weighted by molar-refractivity contribution is 0.458. The second-order valence-corrected chi connectivity index (χ2v) is 4.96. The van der Waals surface area contributed by atoms with E-state index in [1.807, 2.05) is 31.2 Å². The highest BCUT2D eigenvalue weighted by atomic mass is 32.2. The molecule has 0 aliphatic rings. The van der Waals surface area contributed by atoms with E-state index in [9.17, 15) is 5.11 Å². The number of para-hydroxylation sites is 1. The molecule has 0 saturated heterocycles. The van der Waals surface area contributed by atoms with Crippen molar-refractivity contribution in [2.75, 3.05) is 0 Å². The number of phenolic OH excluding ortho intramolecular Hbond substituents is 1. The van der Waals surface area contributed by atoms with Gasteiger partial charge in [0.15, 0.2) is 0 Å². The van der Waals surface area contributed by atoms with Crippen molar-refractivity contribution < 1.29 is 5.11 Å². The number of aryl methyl sites for hydroxylation is 2. The molecule has 0 unspecified atom stereocenters.